The highest BCUT2D eigenvalue weighted by atomic mass is 16.6. The maximum atomic E-state index is 12.3. The van der Waals surface area contributed by atoms with Crippen LogP contribution in [0, 0.1) is 10.1 Å². The van der Waals surface area contributed by atoms with Crippen LogP contribution in [0.3, 0.4) is 0 Å². The highest BCUT2D eigenvalue weighted by molar-refractivity contribution is 5.98. The molecule has 1 aliphatic heterocycles. The summed E-state index contributed by atoms with van der Waals surface area (Å²) in [7, 11) is 1.50. The van der Waals surface area contributed by atoms with E-state index in [4.69, 9.17) is 4.74 Å². The smallest absolute Gasteiger partial charge is 0.355 e. The molecule has 2 aromatic rings. The summed E-state index contributed by atoms with van der Waals surface area (Å²) < 4.78 is 6.32. The van der Waals surface area contributed by atoms with Gasteiger partial charge in [-0.05, 0) is 18.1 Å². The second kappa shape index (κ2) is 6.15. The Hall–Kier alpha value is -3.16. The van der Waals surface area contributed by atoms with Gasteiger partial charge in [-0.25, -0.2) is 4.79 Å². The molecule has 3 rings (SSSR count). The lowest BCUT2D eigenvalue weighted by atomic mass is 10.2. The lowest BCUT2D eigenvalue weighted by Crippen LogP contribution is -2.33. The number of aryl methyl sites for hydroxylation is 1. The molecule has 0 unspecified atom stereocenters. The first-order chi connectivity index (χ1) is 11.5. The van der Waals surface area contributed by atoms with Gasteiger partial charge >= 0.3 is 5.97 Å². The van der Waals surface area contributed by atoms with E-state index in [0.717, 1.165) is 23.7 Å². The Kier molecular flexibility index (Phi) is 4.03. The van der Waals surface area contributed by atoms with Gasteiger partial charge in [0.1, 0.15) is 5.69 Å². The molecular weight excluding hydrogens is 314 g/mol. The maximum Gasteiger partial charge on any atom is 0.355 e. The van der Waals surface area contributed by atoms with Gasteiger partial charge in [0.05, 0.1) is 11.1 Å². The number of benzene rings is 1. The van der Waals surface area contributed by atoms with Crippen LogP contribution in [0.4, 0.5) is 11.4 Å². The molecule has 0 aliphatic carbocycles. The van der Waals surface area contributed by atoms with Crippen molar-refractivity contribution in [3.8, 4) is 0 Å². The predicted octanol–water partition coefficient (Wildman–Crippen LogP) is 1.68. The average Bonchev–Trinajstić information content (AvgIpc) is 3.16. The number of nitro groups is 1. The predicted molar refractivity (Wildman–Crippen MR) is 84.8 cm³/mol. The average molecular weight is 329 g/mol. The van der Waals surface area contributed by atoms with Crippen LogP contribution in [-0.2, 0) is 23.0 Å². The van der Waals surface area contributed by atoms with E-state index < -0.39 is 17.5 Å². The van der Waals surface area contributed by atoms with Gasteiger partial charge in [-0.1, -0.05) is 18.2 Å². The van der Waals surface area contributed by atoms with Gasteiger partial charge in [0.2, 0.25) is 0 Å². The summed E-state index contributed by atoms with van der Waals surface area (Å²) in [6.07, 6.45) is 1.98. The fourth-order valence-corrected chi connectivity index (χ4v) is 2.73. The highest BCUT2D eigenvalue weighted by Crippen LogP contribution is 2.27. The van der Waals surface area contributed by atoms with Crippen LogP contribution in [-0.4, -0.2) is 34.5 Å². The molecular formula is C16H15N3O5. The molecule has 1 amide bonds. The van der Waals surface area contributed by atoms with Crippen molar-refractivity contribution in [2.75, 3.05) is 18.1 Å². The number of ether oxygens (including phenoxy) is 1. The summed E-state index contributed by atoms with van der Waals surface area (Å²) in [4.78, 5) is 36.0. The molecule has 2 heterocycles. The Balaban J connectivity index is 1.65. The van der Waals surface area contributed by atoms with Crippen molar-refractivity contribution in [1.82, 2.24) is 4.57 Å². The van der Waals surface area contributed by atoms with Gasteiger partial charge in [0, 0.05) is 25.3 Å². The SMILES string of the molecule is Cn1cc([N+](=O)[O-])cc1C(=O)OCC(=O)N1CCc2ccccc21. The molecule has 1 aromatic carbocycles. The molecule has 0 fully saturated rings. The molecule has 8 heteroatoms. The van der Waals surface area contributed by atoms with E-state index in [2.05, 4.69) is 0 Å². The number of hydrogen-bond acceptors (Lipinski definition) is 5. The topological polar surface area (TPSA) is 94.7 Å². The Morgan fingerprint density at radius 3 is 2.79 bits per heavy atom. The summed E-state index contributed by atoms with van der Waals surface area (Å²) in [5, 5.41) is 10.7. The quantitative estimate of drug-likeness (QED) is 0.483. The van der Waals surface area contributed by atoms with Gasteiger partial charge < -0.3 is 14.2 Å². The van der Waals surface area contributed by atoms with Crippen molar-refractivity contribution in [1.29, 1.82) is 0 Å². The molecule has 0 saturated carbocycles. The summed E-state index contributed by atoms with van der Waals surface area (Å²) in [5.41, 5.74) is 1.73. The van der Waals surface area contributed by atoms with E-state index in [1.54, 1.807) is 4.90 Å². The first-order valence-corrected chi connectivity index (χ1v) is 7.33. The van der Waals surface area contributed by atoms with E-state index in [-0.39, 0.29) is 17.3 Å². The van der Waals surface area contributed by atoms with Crippen molar-refractivity contribution >= 4 is 23.3 Å². The fraction of sp³-hybridized carbons (Fsp3) is 0.250. The molecule has 1 aliphatic rings. The number of rotatable bonds is 4. The molecule has 0 saturated heterocycles. The molecule has 124 valence electrons. The van der Waals surface area contributed by atoms with Crippen LogP contribution < -0.4 is 4.90 Å². The summed E-state index contributed by atoms with van der Waals surface area (Å²) >= 11 is 0. The Labute approximate surface area is 137 Å². The molecule has 0 bridgehead atoms. The third-order valence-electron chi connectivity index (χ3n) is 3.93. The van der Waals surface area contributed by atoms with Gasteiger partial charge in [-0.3, -0.25) is 14.9 Å². The number of nitrogens with zero attached hydrogens (tertiary/aromatic N) is 3. The summed E-state index contributed by atoms with van der Waals surface area (Å²) in [6, 6.07) is 8.69. The van der Waals surface area contributed by atoms with Gasteiger partial charge in [-0.15, -0.1) is 0 Å². The van der Waals surface area contributed by atoms with E-state index in [9.17, 15) is 19.7 Å². The third kappa shape index (κ3) is 2.85. The molecule has 1 aromatic heterocycles. The number of hydrogen-bond donors (Lipinski definition) is 0. The number of anilines is 1. The van der Waals surface area contributed by atoms with Crippen molar-refractivity contribution < 1.29 is 19.2 Å². The second-order valence-electron chi connectivity index (χ2n) is 5.45. The first-order valence-electron chi connectivity index (χ1n) is 7.33. The number of para-hydroxylation sites is 1. The zero-order chi connectivity index (χ0) is 17.3. The van der Waals surface area contributed by atoms with Crippen LogP contribution in [0.1, 0.15) is 16.1 Å². The minimum Gasteiger partial charge on any atom is -0.451 e. The molecule has 0 spiro atoms. The van der Waals surface area contributed by atoms with Crippen LogP contribution in [0.25, 0.3) is 0 Å². The monoisotopic (exact) mass is 329 g/mol. The molecule has 24 heavy (non-hydrogen) atoms. The van der Waals surface area contributed by atoms with E-state index in [1.165, 1.54) is 17.8 Å². The number of carbonyl (C=O) groups is 2. The molecule has 8 nitrogen and oxygen atoms in total. The number of carbonyl (C=O) groups excluding carboxylic acids is 2. The standard InChI is InChI=1S/C16H15N3O5/c1-17-9-12(19(22)23)8-14(17)16(21)24-10-15(20)18-7-6-11-4-2-3-5-13(11)18/h2-5,8-9H,6-7,10H2,1H3. The van der Waals surface area contributed by atoms with Gasteiger partial charge in [0.15, 0.2) is 6.61 Å². The van der Waals surface area contributed by atoms with E-state index in [0.29, 0.717) is 6.54 Å². The first kappa shape index (κ1) is 15.7. The number of esters is 1. The van der Waals surface area contributed by atoms with Gasteiger partial charge in [-0.2, -0.15) is 0 Å². The van der Waals surface area contributed by atoms with Crippen LogP contribution in [0.15, 0.2) is 36.5 Å². The summed E-state index contributed by atoms with van der Waals surface area (Å²) in [5.74, 6) is -1.09. The zero-order valence-electron chi connectivity index (χ0n) is 13.0. The lowest BCUT2D eigenvalue weighted by molar-refractivity contribution is -0.384. The molecule has 0 radical (unpaired) electrons. The lowest BCUT2D eigenvalue weighted by Gasteiger charge is -2.17. The fourth-order valence-electron chi connectivity index (χ4n) is 2.73. The number of fused-ring (bicyclic) bond motifs is 1. The largest absolute Gasteiger partial charge is 0.451 e. The van der Waals surface area contributed by atoms with Crippen LogP contribution in [0.2, 0.25) is 0 Å². The van der Waals surface area contributed by atoms with Crippen LogP contribution >= 0.6 is 0 Å². The van der Waals surface area contributed by atoms with Crippen LogP contribution in [0.5, 0.6) is 0 Å². The van der Waals surface area contributed by atoms with Gasteiger partial charge in [0.25, 0.3) is 11.6 Å². The Morgan fingerprint density at radius 1 is 1.33 bits per heavy atom. The number of amides is 1. The van der Waals surface area contributed by atoms with Crippen molar-refractivity contribution in [2.24, 2.45) is 7.05 Å². The molecule has 0 atom stereocenters. The normalized spacial score (nSPS) is 12.8. The summed E-state index contributed by atoms with van der Waals surface area (Å²) in [6.45, 7) is 0.136. The van der Waals surface area contributed by atoms with Crippen molar-refractivity contribution in [2.45, 2.75) is 6.42 Å². The maximum absolute atomic E-state index is 12.3. The van der Waals surface area contributed by atoms with E-state index >= 15 is 0 Å². The minimum atomic E-state index is -0.772. The van der Waals surface area contributed by atoms with E-state index in [1.807, 2.05) is 24.3 Å². The zero-order valence-corrected chi connectivity index (χ0v) is 13.0. The highest BCUT2D eigenvalue weighted by Gasteiger charge is 2.26. The minimum absolute atomic E-state index is 0.0244. The molecule has 0 N–H and O–H groups in total. The Morgan fingerprint density at radius 2 is 2.08 bits per heavy atom. The second-order valence-corrected chi connectivity index (χ2v) is 5.45. The third-order valence-corrected chi connectivity index (χ3v) is 3.93. The number of aromatic nitrogens is 1. The van der Waals surface area contributed by atoms with Crippen molar-refractivity contribution in [3.63, 3.8) is 0 Å². The van der Waals surface area contributed by atoms with Crippen molar-refractivity contribution in [3.05, 3.63) is 57.9 Å². The Bertz CT molecular complexity index is 827.